The predicted octanol–water partition coefficient (Wildman–Crippen LogP) is 3.13. The summed E-state index contributed by atoms with van der Waals surface area (Å²) in [4.78, 5) is 24.5. The maximum Gasteiger partial charge on any atom is 0.158 e. The van der Waals surface area contributed by atoms with Crippen LogP contribution in [-0.2, 0) is 4.79 Å². The Hall–Kier alpha value is -2.96. The predicted molar refractivity (Wildman–Crippen MR) is 116 cm³/mol. The number of anilines is 1. The van der Waals surface area contributed by atoms with Crippen LogP contribution in [0.1, 0.15) is 53.2 Å². The van der Waals surface area contributed by atoms with Crippen LogP contribution in [0.25, 0.3) is 0 Å². The van der Waals surface area contributed by atoms with Gasteiger partial charge in [-0.15, -0.1) is 0 Å². The molecule has 1 atom stereocenters. The molecule has 2 rings (SSSR count). The second-order valence-electron chi connectivity index (χ2n) is 5.92. The molecule has 0 fully saturated rings. The number of rotatable bonds is 7. The van der Waals surface area contributed by atoms with Crippen molar-refractivity contribution in [3.05, 3.63) is 53.4 Å². The minimum absolute atomic E-state index is 0.163. The van der Waals surface area contributed by atoms with Gasteiger partial charge in [-0.1, -0.05) is 33.8 Å². The maximum atomic E-state index is 11.9. The lowest BCUT2D eigenvalue weighted by atomic mass is 10.0. The molecule has 1 aromatic rings. The second kappa shape index (κ2) is 11.7. The lowest BCUT2D eigenvalue weighted by molar-refractivity contribution is -0.119. The highest BCUT2D eigenvalue weighted by molar-refractivity contribution is 6.11. The van der Waals surface area contributed by atoms with E-state index < -0.39 is 0 Å². The zero-order valence-electron chi connectivity index (χ0n) is 17.7. The number of nitrogen functional groups attached to an aromatic ring is 1. The highest BCUT2D eigenvalue weighted by atomic mass is 16.1. The number of dihydropyridines is 1. The Kier molecular flexibility index (Phi) is 9.64. The largest absolute Gasteiger partial charge is 0.384 e. The maximum absolute atomic E-state index is 11.9. The molecule has 7 nitrogen and oxygen atoms in total. The van der Waals surface area contributed by atoms with E-state index in [0.717, 1.165) is 23.4 Å². The van der Waals surface area contributed by atoms with Gasteiger partial charge < -0.3 is 16.4 Å². The Bertz CT molecular complexity index is 792. The highest BCUT2D eigenvalue weighted by Crippen LogP contribution is 2.17. The van der Waals surface area contributed by atoms with Gasteiger partial charge >= 0.3 is 0 Å². The van der Waals surface area contributed by atoms with Gasteiger partial charge in [-0.25, -0.2) is 9.97 Å². The summed E-state index contributed by atoms with van der Waals surface area (Å²) >= 11 is 0. The third-order valence-electron chi connectivity index (χ3n) is 4.03. The lowest BCUT2D eigenvalue weighted by Gasteiger charge is -2.23. The molecule has 0 amide bonds. The summed E-state index contributed by atoms with van der Waals surface area (Å²) in [6.45, 7) is 9.89. The molecule has 2 heterocycles. The van der Waals surface area contributed by atoms with E-state index in [0.29, 0.717) is 23.6 Å². The summed E-state index contributed by atoms with van der Waals surface area (Å²) in [5.41, 5.74) is 9.83. The smallest absolute Gasteiger partial charge is 0.158 e. The fraction of sp³-hybridized carbons (Fsp3) is 0.429. The second-order valence-corrected chi connectivity index (χ2v) is 5.92. The zero-order valence-corrected chi connectivity index (χ0v) is 17.7. The number of allylic oxidation sites excluding steroid dienone is 3. The lowest BCUT2D eigenvalue weighted by Crippen LogP contribution is -2.36. The number of nitrogens with one attached hydrogen (secondary N) is 2. The van der Waals surface area contributed by atoms with Crippen LogP contribution in [-0.4, -0.2) is 34.6 Å². The van der Waals surface area contributed by atoms with Crippen molar-refractivity contribution >= 4 is 17.3 Å². The van der Waals surface area contributed by atoms with Crippen LogP contribution in [0.5, 0.6) is 0 Å². The van der Waals surface area contributed by atoms with Crippen molar-refractivity contribution in [1.82, 2.24) is 20.6 Å². The monoisotopic (exact) mass is 384 g/mol. The standard InChI is InChI=1S/C19H26N6O.C2H6/c1-5-7-13(19(21-4)15-9-18(20)24-11-23-15)25-16-10-22-14(8-12(16)3)17(26)6-2;1-2/h7-11,14,22,25H,5-6H2,1-4H3,(H2,20,23,24);1-2H3/b13-7+,21-19?;. The van der Waals surface area contributed by atoms with Crippen LogP contribution in [0.2, 0.25) is 0 Å². The van der Waals surface area contributed by atoms with Gasteiger partial charge in [0.1, 0.15) is 23.9 Å². The molecule has 4 N–H and O–H groups in total. The summed E-state index contributed by atoms with van der Waals surface area (Å²) in [5.74, 6) is 0.554. The van der Waals surface area contributed by atoms with Crippen molar-refractivity contribution in [3.63, 3.8) is 0 Å². The summed E-state index contributed by atoms with van der Waals surface area (Å²) < 4.78 is 0. The van der Waals surface area contributed by atoms with Gasteiger partial charge in [-0.2, -0.15) is 0 Å². The minimum Gasteiger partial charge on any atom is -0.384 e. The molecule has 0 saturated carbocycles. The van der Waals surface area contributed by atoms with Gasteiger partial charge in [0.2, 0.25) is 0 Å². The number of carbonyl (C=O) groups is 1. The molecule has 1 aliphatic rings. The van der Waals surface area contributed by atoms with E-state index in [9.17, 15) is 4.79 Å². The van der Waals surface area contributed by atoms with Crippen LogP contribution in [0, 0.1) is 0 Å². The number of ketones is 1. The molecule has 1 aliphatic heterocycles. The fourth-order valence-corrected chi connectivity index (χ4v) is 2.65. The molecule has 0 bridgehead atoms. The molecular formula is C21H32N6O. The van der Waals surface area contributed by atoms with Crippen molar-refractivity contribution in [2.45, 2.75) is 53.5 Å². The Balaban J connectivity index is 0.00000190. The van der Waals surface area contributed by atoms with Crippen molar-refractivity contribution in [2.24, 2.45) is 4.99 Å². The number of nitrogens with zero attached hydrogens (tertiary/aromatic N) is 3. The normalized spacial score (nSPS) is 16.9. The first kappa shape index (κ1) is 23.1. The van der Waals surface area contributed by atoms with E-state index in [4.69, 9.17) is 5.73 Å². The number of carbonyl (C=O) groups excluding carboxylic acids is 1. The van der Waals surface area contributed by atoms with E-state index in [-0.39, 0.29) is 11.8 Å². The Morgan fingerprint density at radius 3 is 2.61 bits per heavy atom. The number of aliphatic imine (C=N–C) groups is 1. The molecule has 0 aliphatic carbocycles. The number of hydrogen-bond acceptors (Lipinski definition) is 7. The van der Waals surface area contributed by atoms with E-state index in [1.54, 1.807) is 13.1 Å². The average Bonchev–Trinajstić information content (AvgIpc) is 2.71. The highest BCUT2D eigenvalue weighted by Gasteiger charge is 2.19. The van der Waals surface area contributed by atoms with Crippen LogP contribution < -0.4 is 16.4 Å². The summed E-state index contributed by atoms with van der Waals surface area (Å²) in [5, 5.41) is 6.54. The Labute approximate surface area is 168 Å². The molecule has 0 spiro atoms. The molecule has 28 heavy (non-hydrogen) atoms. The van der Waals surface area contributed by atoms with Gasteiger partial charge in [-0.3, -0.25) is 9.79 Å². The summed E-state index contributed by atoms with van der Waals surface area (Å²) in [6, 6.07) is 1.42. The first-order valence-corrected chi connectivity index (χ1v) is 9.70. The third-order valence-corrected chi connectivity index (χ3v) is 4.03. The zero-order chi connectivity index (χ0) is 21.1. The summed E-state index contributed by atoms with van der Waals surface area (Å²) in [6.07, 6.45) is 8.55. The van der Waals surface area contributed by atoms with Gasteiger partial charge in [0.15, 0.2) is 5.78 Å². The van der Waals surface area contributed by atoms with Crippen molar-refractivity contribution in [3.8, 4) is 0 Å². The van der Waals surface area contributed by atoms with Gasteiger partial charge in [0.05, 0.1) is 17.1 Å². The Morgan fingerprint density at radius 1 is 1.36 bits per heavy atom. The number of aromatic nitrogens is 2. The van der Waals surface area contributed by atoms with Crippen molar-refractivity contribution in [1.29, 1.82) is 0 Å². The van der Waals surface area contributed by atoms with Crippen molar-refractivity contribution in [2.75, 3.05) is 12.8 Å². The molecular weight excluding hydrogens is 352 g/mol. The molecule has 1 aromatic heterocycles. The molecule has 0 radical (unpaired) electrons. The molecule has 7 heteroatoms. The van der Waals surface area contributed by atoms with Crippen molar-refractivity contribution < 1.29 is 4.79 Å². The summed E-state index contributed by atoms with van der Waals surface area (Å²) in [7, 11) is 1.71. The number of Topliss-reactive ketones (excluding diaryl/α,β-unsaturated/α-hetero) is 1. The minimum atomic E-state index is -0.273. The molecule has 0 saturated heterocycles. The number of hydrogen-bond donors (Lipinski definition) is 3. The van der Waals surface area contributed by atoms with E-state index in [2.05, 4.69) is 32.5 Å². The Morgan fingerprint density at radius 2 is 2.07 bits per heavy atom. The molecule has 152 valence electrons. The van der Waals surface area contributed by atoms with E-state index in [1.165, 1.54) is 6.33 Å². The van der Waals surface area contributed by atoms with E-state index >= 15 is 0 Å². The van der Waals surface area contributed by atoms with Gasteiger partial charge in [0, 0.05) is 25.7 Å². The van der Waals surface area contributed by atoms with Crippen LogP contribution in [0.3, 0.4) is 0 Å². The number of nitrogens with two attached hydrogens (primary N) is 1. The third kappa shape index (κ3) is 6.04. The first-order valence-electron chi connectivity index (χ1n) is 9.70. The molecule has 1 unspecified atom stereocenters. The van der Waals surface area contributed by atoms with Gasteiger partial charge in [0.25, 0.3) is 0 Å². The average molecular weight is 385 g/mol. The fourth-order valence-electron chi connectivity index (χ4n) is 2.65. The quantitative estimate of drug-likeness (QED) is 0.624. The topological polar surface area (TPSA) is 105 Å². The van der Waals surface area contributed by atoms with E-state index in [1.807, 2.05) is 46.0 Å². The molecule has 0 aromatic carbocycles. The van der Waals surface area contributed by atoms with Crippen LogP contribution >= 0.6 is 0 Å². The van der Waals surface area contributed by atoms with Crippen LogP contribution in [0.4, 0.5) is 5.82 Å². The van der Waals surface area contributed by atoms with Crippen LogP contribution in [0.15, 0.2) is 52.7 Å². The first-order chi connectivity index (χ1) is 13.5. The SMILES string of the molecule is CC.CC/C=C(/NC1=CNC(C(=O)CC)C=C1C)C(=NC)c1cc(N)ncn1. The van der Waals surface area contributed by atoms with Gasteiger partial charge in [-0.05, 0) is 25.0 Å².